The maximum Gasteiger partial charge on any atom is 0.337 e. The minimum Gasteiger partial charge on any atom is -0.465 e. The van der Waals surface area contributed by atoms with E-state index in [9.17, 15) is 4.79 Å². The van der Waals surface area contributed by atoms with Crippen LogP contribution in [0.2, 0.25) is 5.02 Å². The molecule has 0 aliphatic rings. The van der Waals surface area contributed by atoms with E-state index in [2.05, 4.69) is 9.72 Å². The largest absolute Gasteiger partial charge is 0.465 e. The molecule has 0 spiro atoms. The fraction of sp³-hybridized carbons (Fsp3) is 0.0769. The fourth-order valence-corrected chi connectivity index (χ4v) is 1.55. The molecule has 1 aromatic carbocycles. The third-order valence-corrected chi connectivity index (χ3v) is 2.55. The summed E-state index contributed by atoms with van der Waals surface area (Å²) in [7, 11) is 1.36. The number of rotatable bonds is 2. The number of benzene rings is 1. The summed E-state index contributed by atoms with van der Waals surface area (Å²) in [4.78, 5) is 15.4. The Morgan fingerprint density at radius 1 is 1.18 bits per heavy atom. The number of pyridine rings is 1. The summed E-state index contributed by atoms with van der Waals surface area (Å²) in [5, 5.41) is 0.597. The molecule has 0 saturated heterocycles. The van der Waals surface area contributed by atoms with Crippen LogP contribution in [-0.2, 0) is 4.74 Å². The van der Waals surface area contributed by atoms with Crippen molar-refractivity contribution < 1.29 is 9.53 Å². The lowest BCUT2D eigenvalue weighted by Gasteiger charge is -2.02. The van der Waals surface area contributed by atoms with Crippen LogP contribution in [0.4, 0.5) is 0 Å². The minimum atomic E-state index is -0.347. The molecule has 0 atom stereocenters. The Kier molecular flexibility index (Phi) is 3.40. The highest BCUT2D eigenvalue weighted by atomic mass is 35.5. The molecule has 0 fully saturated rings. The number of hydrogen-bond donors (Lipinski definition) is 0. The second kappa shape index (κ2) is 4.97. The van der Waals surface area contributed by atoms with Gasteiger partial charge < -0.3 is 4.74 Å². The first-order valence-electron chi connectivity index (χ1n) is 5.01. The van der Waals surface area contributed by atoms with Gasteiger partial charge >= 0.3 is 5.97 Å². The summed E-state index contributed by atoms with van der Waals surface area (Å²) < 4.78 is 4.63. The van der Waals surface area contributed by atoms with Crippen LogP contribution in [0.15, 0.2) is 42.6 Å². The predicted molar refractivity (Wildman–Crippen MR) is 66.0 cm³/mol. The Morgan fingerprint density at radius 2 is 1.88 bits per heavy atom. The molecule has 2 rings (SSSR count). The van der Waals surface area contributed by atoms with E-state index in [4.69, 9.17) is 11.6 Å². The van der Waals surface area contributed by atoms with Crippen LogP contribution < -0.4 is 0 Å². The molecular weight excluding hydrogens is 238 g/mol. The van der Waals surface area contributed by atoms with Crippen molar-refractivity contribution in [3.8, 4) is 11.3 Å². The van der Waals surface area contributed by atoms with Crippen LogP contribution >= 0.6 is 11.6 Å². The average molecular weight is 248 g/mol. The molecule has 0 saturated carbocycles. The number of halogens is 1. The van der Waals surface area contributed by atoms with Crippen molar-refractivity contribution in [1.29, 1.82) is 0 Å². The van der Waals surface area contributed by atoms with Gasteiger partial charge in [-0.05, 0) is 24.3 Å². The zero-order valence-corrected chi connectivity index (χ0v) is 9.94. The lowest BCUT2D eigenvalue weighted by molar-refractivity contribution is 0.0601. The van der Waals surface area contributed by atoms with Gasteiger partial charge in [0.1, 0.15) is 0 Å². The lowest BCUT2D eigenvalue weighted by atomic mass is 10.1. The van der Waals surface area contributed by atoms with Crippen molar-refractivity contribution in [3.05, 3.63) is 53.2 Å². The van der Waals surface area contributed by atoms with Gasteiger partial charge in [-0.15, -0.1) is 0 Å². The highest BCUT2D eigenvalue weighted by molar-refractivity contribution is 6.30. The smallest absolute Gasteiger partial charge is 0.337 e. The molecule has 3 nitrogen and oxygen atoms in total. The number of methoxy groups -OCH3 is 1. The van der Waals surface area contributed by atoms with Gasteiger partial charge in [0.2, 0.25) is 0 Å². The molecule has 0 aliphatic heterocycles. The van der Waals surface area contributed by atoms with Gasteiger partial charge in [-0.25, -0.2) is 4.79 Å². The van der Waals surface area contributed by atoms with Crippen molar-refractivity contribution in [2.24, 2.45) is 0 Å². The van der Waals surface area contributed by atoms with Gasteiger partial charge in [0.25, 0.3) is 0 Å². The first-order chi connectivity index (χ1) is 8.20. The summed E-state index contributed by atoms with van der Waals surface area (Å²) >= 11 is 5.76. The van der Waals surface area contributed by atoms with E-state index in [0.29, 0.717) is 10.6 Å². The minimum absolute atomic E-state index is 0.347. The third-order valence-electron chi connectivity index (χ3n) is 2.33. The topological polar surface area (TPSA) is 39.2 Å². The molecular formula is C13H10ClNO2. The predicted octanol–water partition coefficient (Wildman–Crippen LogP) is 3.19. The van der Waals surface area contributed by atoms with Gasteiger partial charge in [0.05, 0.1) is 23.4 Å². The van der Waals surface area contributed by atoms with E-state index in [0.717, 1.165) is 11.3 Å². The molecule has 0 amide bonds. The monoisotopic (exact) mass is 247 g/mol. The van der Waals surface area contributed by atoms with E-state index >= 15 is 0 Å². The van der Waals surface area contributed by atoms with E-state index in [1.807, 2.05) is 18.2 Å². The number of carbonyl (C=O) groups excluding carboxylic acids is 1. The summed E-state index contributed by atoms with van der Waals surface area (Å²) in [6.07, 6.45) is 1.59. The Hall–Kier alpha value is -1.87. The maximum absolute atomic E-state index is 11.3. The van der Waals surface area contributed by atoms with Crippen LogP contribution in [-0.4, -0.2) is 18.1 Å². The fourth-order valence-electron chi connectivity index (χ4n) is 1.44. The molecule has 0 unspecified atom stereocenters. The molecule has 4 heteroatoms. The molecule has 1 aromatic heterocycles. The van der Waals surface area contributed by atoms with Crippen molar-refractivity contribution >= 4 is 17.6 Å². The summed E-state index contributed by atoms with van der Waals surface area (Å²) in [6, 6.07) is 10.7. The van der Waals surface area contributed by atoms with Gasteiger partial charge in [-0.2, -0.15) is 0 Å². The molecule has 0 aliphatic carbocycles. The Balaban J connectivity index is 2.29. The molecule has 1 heterocycles. The molecule has 2 aromatic rings. The van der Waals surface area contributed by atoms with Crippen molar-refractivity contribution in [1.82, 2.24) is 4.98 Å². The highest BCUT2D eigenvalue weighted by Crippen LogP contribution is 2.19. The maximum atomic E-state index is 11.3. The quantitative estimate of drug-likeness (QED) is 0.765. The van der Waals surface area contributed by atoms with E-state index in [1.54, 1.807) is 24.4 Å². The van der Waals surface area contributed by atoms with Gasteiger partial charge in [0.15, 0.2) is 0 Å². The normalized spacial score (nSPS) is 10.0. The summed E-state index contributed by atoms with van der Waals surface area (Å²) in [5.74, 6) is -0.347. The Bertz CT molecular complexity index is 520. The number of ether oxygens (including phenoxy) is 1. The number of nitrogens with zero attached hydrogens (tertiary/aromatic N) is 1. The van der Waals surface area contributed by atoms with Crippen LogP contribution in [0.5, 0.6) is 0 Å². The lowest BCUT2D eigenvalue weighted by Crippen LogP contribution is -2.00. The van der Waals surface area contributed by atoms with Crippen molar-refractivity contribution in [3.63, 3.8) is 0 Å². The van der Waals surface area contributed by atoms with Crippen molar-refractivity contribution in [2.45, 2.75) is 0 Å². The van der Waals surface area contributed by atoms with Crippen LogP contribution in [0.3, 0.4) is 0 Å². The van der Waals surface area contributed by atoms with Crippen LogP contribution in [0.1, 0.15) is 10.4 Å². The molecule has 0 bridgehead atoms. The second-order valence-corrected chi connectivity index (χ2v) is 3.87. The van der Waals surface area contributed by atoms with E-state index in [1.165, 1.54) is 7.11 Å². The first-order valence-corrected chi connectivity index (χ1v) is 5.39. The summed E-state index contributed by atoms with van der Waals surface area (Å²) in [5.41, 5.74) is 2.25. The summed E-state index contributed by atoms with van der Waals surface area (Å²) in [6.45, 7) is 0. The zero-order valence-electron chi connectivity index (χ0n) is 9.18. The number of hydrogen-bond acceptors (Lipinski definition) is 3. The Labute approximate surface area is 104 Å². The number of esters is 1. The third kappa shape index (κ3) is 2.63. The molecule has 0 radical (unpaired) electrons. The Morgan fingerprint density at radius 3 is 2.41 bits per heavy atom. The molecule has 17 heavy (non-hydrogen) atoms. The number of aromatic nitrogens is 1. The van der Waals surface area contributed by atoms with E-state index in [-0.39, 0.29) is 5.97 Å². The second-order valence-electron chi connectivity index (χ2n) is 3.43. The van der Waals surface area contributed by atoms with Crippen LogP contribution in [0, 0.1) is 0 Å². The molecule has 0 N–H and O–H groups in total. The average Bonchev–Trinajstić information content (AvgIpc) is 2.39. The number of carbonyl (C=O) groups is 1. The van der Waals surface area contributed by atoms with Gasteiger partial charge in [0, 0.05) is 11.8 Å². The van der Waals surface area contributed by atoms with Gasteiger partial charge in [-0.1, -0.05) is 23.7 Å². The zero-order chi connectivity index (χ0) is 12.3. The van der Waals surface area contributed by atoms with Crippen molar-refractivity contribution in [2.75, 3.05) is 7.11 Å². The standard InChI is InChI=1S/C13H10ClNO2/c1-17-13(16)10-4-2-9(3-5-10)12-7-6-11(14)8-15-12/h2-8H,1H3. The van der Waals surface area contributed by atoms with Gasteiger partial charge in [-0.3, -0.25) is 4.98 Å². The highest BCUT2D eigenvalue weighted by Gasteiger charge is 2.05. The first kappa shape index (κ1) is 11.6. The van der Waals surface area contributed by atoms with Crippen LogP contribution in [0.25, 0.3) is 11.3 Å². The van der Waals surface area contributed by atoms with E-state index < -0.39 is 0 Å². The molecule has 86 valence electrons. The SMILES string of the molecule is COC(=O)c1ccc(-c2ccc(Cl)cn2)cc1.